The van der Waals surface area contributed by atoms with Crippen molar-refractivity contribution >= 4 is 21.4 Å². The third-order valence-corrected chi connectivity index (χ3v) is 4.83. The fourth-order valence-electron chi connectivity index (χ4n) is 2.88. The van der Waals surface area contributed by atoms with Crippen molar-refractivity contribution in [3.63, 3.8) is 0 Å². The minimum atomic E-state index is 0.482. The van der Waals surface area contributed by atoms with Gasteiger partial charge in [-0.3, -0.25) is 4.90 Å². The second kappa shape index (κ2) is 5.87. The van der Waals surface area contributed by atoms with Gasteiger partial charge in [0.05, 0.1) is 0 Å². The molecule has 0 unspecified atom stereocenters. The van der Waals surface area contributed by atoms with Gasteiger partial charge in [0.25, 0.3) is 0 Å². The van der Waals surface area contributed by atoms with E-state index in [9.17, 15) is 0 Å². The molecule has 0 saturated carbocycles. The lowest BCUT2D eigenvalue weighted by molar-refractivity contribution is 0.176. The number of nitrogens with one attached hydrogen (secondary N) is 1. The highest BCUT2D eigenvalue weighted by atomic mass is 32.1. The van der Waals surface area contributed by atoms with E-state index in [0.717, 1.165) is 32.6 Å². The predicted molar refractivity (Wildman–Crippen MR) is 83.8 cm³/mol. The second-order valence-corrected chi connectivity index (χ2v) is 5.92. The largest absolute Gasteiger partial charge is 0.314 e. The molecule has 0 aliphatic carbocycles. The average molecular weight is 272 g/mol. The molecule has 0 spiro atoms. The van der Waals surface area contributed by atoms with Gasteiger partial charge in [0.1, 0.15) is 0 Å². The molecule has 19 heavy (non-hydrogen) atoms. The van der Waals surface area contributed by atoms with E-state index in [1.165, 1.54) is 15.6 Å². The summed E-state index contributed by atoms with van der Waals surface area (Å²) in [4.78, 5) is 2.59. The molecule has 1 atom stereocenters. The van der Waals surface area contributed by atoms with Gasteiger partial charge in [-0.1, -0.05) is 24.3 Å². The van der Waals surface area contributed by atoms with Crippen molar-refractivity contribution in [2.24, 2.45) is 0 Å². The fourth-order valence-corrected chi connectivity index (χ4v) is 3.89. The smallest absolute Gasteiger partial charge is 0.0397 e. The number of hydrogen-bond donors (Lipinski definition) is 1. The maximum absolute atomic E-state index is 3.95. The van der Waals surface area contributed by atoms with E-state index >= 15 is 0 Å². The number of benzene rings is 1. The Morgan fingerprint density at radius 1 is 1.32 bits per heavy atom. The van der Waals surface area contributed by atoms with E-state index in [4.69, 9.17) is 0 Å². The normalized spacial score (nSPS) is 18.5. The fraction of sp³-hybridized carbons (Fsp3) is 0.375. The molecule has 100 valence electrons. The second-order valence-electron chi connectivity index (χ2n) is 5.01. The van der Waals surface area contributed by atoms with Crippen molar-refractivity contribution in [2.45, 2.75) is 12.5 Å². The Balaban J connectivity index is 1.96. The molecule has 3 rings (SSSR count). The summed E-state index contributed by atoms with van der Waals surface area (Å²) < 4.78 is 1.39. The molecule has 1 saturated heterocycles. The Morgan fingerprint density at radius 3 is 2.89 bits per heavy atom. The molecule has 1 aliphatic heterocycles. The number of piperazine rings is 1. The van der Waals surface area contributed by atoms with Crippen LogP contribution in [0.1, 0.15) is 18.0 Å². The number of nitrogens with zero attached hydrogens (tertiary/aromatic N) is 1. The Kier molecular flexibility index (Phi) is 3.97. The maximum atomic E-state index is 3.95. The van der Waals surface area contributed by atoms with Gasteiger partial charge in [-0.05, 0) is 28.8 Å². The van der Waals surface area contributed by atoms with E-state index < -0.39 is 0 Å². The highest BCUT2D eigenvalue weighted by Gasteiger charge is 2.23. The Morgan fingerprint density at radius 2 is 2.11 bits per heavy atom. The molecule has 1 aromatic heterocycles. The van der Waals surface area contributed by atoms with Crippen LogP contribution >= 0.6 is 11.3 Å². The van der Waals surface area contributed by atoms with E-state index in [2.05, 4.69) is 52.5 Å². The molecule has 1 fully saturated rings. The minimum absolute atomic E-state index is 0.482. The highest BCUT2D eigenvalue weighted by molar-refractivity contribution is 7.17. The van der Waals surface area contributed by atoms with Crippen LogP contribution in [0.25, 0.3) is 10.1 Å². The van der Waals surface area contributed by atoms with Gasteiger partial charge in [-0.2, -0.15) is 0 Å². The van der Waals surface area contributed by atoms with Gasteiger partial charge < -0.3 is 5.32 Å². The predicted octanol–water partition coefficient (Wildman–Crippen LogP) is 3.42. The van der Waals surface area contributed by atoms with Crippen molar-refractivity contribution in [3.8, 4) is 0 Å². The van der Waals surface area contributed by atoms with Crippen LogP contribution in [0, 0.1) is 0 Å². The van der Waals surface area contributed by atoms with Crippen LogP contribution < -0.4 is 5.32 Å². The molecule has 1 aliphatic rings. The zero-order valence-electron chi connectivity index (χ0n) is 11.1. The number of rotatable bonds is 4. The van der Waals surface area contributed by atoms with Crippen LogP contribution in [0.3, 0.4) is 0 Å². The van der Waals surface area contributed by atoms with Gasteiger partial charge in [-0.15, -0.1) is 17.9 Å². The van der Waals surface area contributed by atoms with Crippen molar-refractivity contribution in [3.05, 3.63) is 47.9 Å². The quantitative estimate of drug-likeness (QED) is 0.858. The lowest BCUT2D eigenvalue weighted by Gasteiger charge is -2.34. The van der Waals surface area contributed by atoms with E-state index in [-0.39, 0.29) is 0 Å². The summed E-state index contributed by atoms with van der Waals surface area (Å²) in [5.74, 6) is 0. The first-order chi connectivity index (χ1) is 9.40. The van der Waals surface area contributed by atoms with Crippen molar-refractivity contribution in [1.82, 2.24) is 10.2 Å². The summed E-state index contributed by atoms with van der Waals surface area (Å²) in [5.41, 5.74) is 1.47. The molecule has 2 heterocycles. The summed E-state index contributed by atoms with van der Waals surface area (Å²) in [6.07, 6.45) is 3.08. The maximum Gasteiger partial charge on any atom is 0.0397 e. The molecule has 0 bridgehead atoms. The van der Waals surface area contributed by atoms with E-state index in [1.54, 1.807) is 0 Å². The third-order valence-electron chi connectivity index (χ3n) is 3.85. The monoisotopic (exact) mass is 272 g/mol. The van der Waals surface area contributed by atoms with Gasteiger partial charge >= 0.3 is 0 Å². The van der Waals surface area contributed by atoms with Crippen molar-refractivity contribution < 1.29 is 0 Å². The van der Waals surface area contributed by atoms with Crippen LogP contribution in [0.2, 0.25) is 0 Å². The summed E-state index contributed by atoms with van der Waals surface area (Å²) in [6, 6.07) is 9.21. The standard InChI is InChI=1S/C16H20N2S/c1-2-5-15(18-10-8-17-9-11-18)14-12-19-16-7-4-3-6-13(14)16/h2-4,6-7,12,15,17H,1,5,8-11H2/t15-/m0/s1. The lowest BCUT2D eigenvalue weighted by atomic mass is 10.0. The zero-order valence-corrected chi connectivity index (χ0v) is 12.0. The molecular formula is C16H20N2S. The SMILES string of the molecule is C=CC[C@@H](c1csc2ccccc12)N1CCNCC1. The van der Waals surface area contributed by atoms with Crippen molar-refractivity contribution in [1.29, 1.82) is 0 Å². The first kappa shape index (κ1) is 12.9. The topological polar surface area (TPSA) is 15.3 Å². The number of hydrogen-bond acceptors (Lipinski definition) is 3. The molecule has 3 heteroatoms. The zero-order chi connectivity index (χ0) is 13.1. The van der Waals surface area contributed by atoms with Crippen molar-refractivity contribution in [2.75, 3.05) is 26.2 Å². The van der Waals surface area contributed by atoms with Gasteiger partial charge in [0.15, 0.2) is 0 Å². The van der Waals surface area contributed by atoms with E-state index in [1.807, 2.05) is 11.3 Å². The molecule has 2 nitrogen and oxygen atoms in total. The average Bonchev–Trinajstić information content (AvgIpc) is 2.89. The molecular weight excluding hydrogens is 252 g/mol. The van der Waals surface area contributed by atoms with Gasteiger partial charge in [-0.25, -0.2) is 0 Å². The number of fused-ring (bicyclic) bond motifs is 1. The number of thiophene rings is 1. The molecule has 1 N–H and O–H groups in total. The molecule has 0 amide bonds. The van der Waals surface area contributed by atoms with E-state index in [0.29, 0.717) is 6.04 Å². The molecule has 0 radical (unpaired) electrons. The third kappa shape index (κ3) is 2.59. The summed E-state index contributed by atoms with van der Waals surface area (Å²) >= 11 is 1.86. The van der Waals surface area contributed by atoms with Crippen LogP contribution in [-0.2, 0) is 0 Å². The van der Waals surface area contributed by atoms with Crippen LogP contribution in [0.5, 0.6) is 0 Å². The molecule has 1 aromatic carbocycles. The Labute approximate surface area is 118 Å². The summed E-state index contributed by atoms with van der Waals surface area (Å²) in [7, 11) is 0. The van der Waals surface area contributed by atoms with Crippen LogP contribution in [0.4, 0.5) is 0 Å². The first-order valence-electron chi connectivity index (χ1n) is 6.92. The van der Waals surface area contributed by atoms with Crippen LogP contribution in [-0.4, -0.2) is 31.1 Å². The van der Waals surface area contributed by atoms with Crippen LogP contribution in [0.15, 0.2) is 42.3 Å². The lowest BCUT2D eigenvalue weighted by Crippen LogP contribution is -2.45. The summed E-state index contributed by atoms with van der Waals surface area (Å²) in [5, 5.41) is 7.18. The van der Waals surface area contributed by atoms with Gasteiger partial charge in [0, 0.05) is 36.9 Å². The minimum Gasteiger partial charge on any atom is -0.314 e. The Bertz CT molecular complexity index is 555. The summed E-state index contributed by atoms with van der Waals surface area (Å²) in [6.45, 7) is 8.39. The molecule has 2 aromatic rings. The van der Waals surface area contributed by atoms with Gasteiger partial charge in [0.2, 0.25) is 0 Å². The Hall–Kier alpha value is -1.16. The first-order valence-corrected chi connectivity index (χ1v) is 7.80. The highest BCUT2D eigenvalue weighted by Crippen LogP contribution is 2.35.